The number of benzene rings is 2. The monoisotopic (exact) mass is 768 g/mol. The van der Waals surface area contributed by atoms with Crippen LogP contribution in [0, 0.1) is 0 Å². The van der Waals surface area contributed by atoms with E-state index in [1.54, 1.807) is 26.6 Å². The van der Waals surface area contributed by atoms with Crippen LogP contribution in [0.5, 0.6) is 23.0 Å². The van der Waals surface area contributed by atoms with Gasteiger partial charge in [0.15, 0.2) is 23.0 Å². The quantitative estimate of drug-likeness (QED) is 0.166. The number of aryl methyl sites for hydroxylation is 2. The second kappa shape index (κ2) is 18.5. The van der Waals surface area contributed by atoms with Crippen molar-refractivity contribution in [3.05, 3.63) is 91.7 Å². The van der Waals surface area contributed by atoms with Crippen molar-refractivity contribution in [2.75, 3.05) is 103 Å². The van der Waals surface area contributed by atoms with Gasteiger partial charge in [-0.15, -0.1) is 0 Å². The number of methoxy groups -OCH3 is 2. The van der Waals surface area contributed by atoms with E-state index in [0.29, 0.717) is 68.7 Å². The summed E-state index contributed by atoms with van der Waals surface area (Å²) in [6.45, 7) is 9.20. The predicted molar refractivity (Wildman–Crippen MR) is 206 cm³/mol. The van der Waals surface area contributed by atoms with Gasteiger partial charge < -0.3 is 28.7 Å². The molecule has 2 aliphatic rings. The molecule has 0 saturated carbocycles. The van der Waals surface area contributed by atoms with Crippen molar-refractivity contribution in [3.63, 3.8) is 0 Å². The van der Waals surface area contributed by atoms with Gasteiger partial charge in [0, 0.05) is 78.5 Å². The van der Waals surface area contributed by atoms with E-state index in [1.807, 2.05) is 48.5 Å². The fraction of sp³-hybridized carbons (Fsp3) is 0.459. The molecule has 2 aliphatic heterocycles. The molecule has 4 aromatic rings. The van der Waals surface area contributed by atoms with Crippen LogP contribution >= 0.6 is 23.2 Å². The third kappa shape index (κ3) is 9.55. The van der Waals surface area contributed by atoms with Crippen LogP contribution in [0.2, 0.25) is 10.0 Å². The molecule has 0 radical (unpaired) electrons. The van der Waals surface area contributed by atoms with Gasteiger partial charge in [-0.3, -0.25) is 19.4 Å². The molecule has 0 N–H and O–H groups in total. The van der Waals surface area contributed by atoms with Gasteiger partial charge in [-0.05, 0) is 30.7 Å². The third-order valence-corrected chi connectivity index (χ3v) is 10.3. The normalized spacial score (nSPS) is 15.4. The van der Waals surface area contributed by atoms with Crippen molar-refractivity contribution < 1.29 is 18.9 Å². The Morgan fingerprint density at radius 1 is 0.566 bits per heavy atom. The van der Waals surface area contributed by atoms with Gasteiger partial charge in [0.25, 0.3) is 11.1 Å². The van der Waals surface area contributed by atoms with Crippen LogP contribution in [0.3, 0.4) is 0 Å². The van der Waals surface area contributed by atoms with Crippen molar-refractivity contribution in [3.8, 4) is 23.0 Å². The standard InChI is InChI=1S/C37H46Cl2N8O6/c1-50-30-8-3-5-10-32(30)52-24-22-42-14-18-44(19-15-42)28-26-40-46(36(48)34(28)38)12-7-13-47-37(49)35(39)29(27-41-47)45-20-16-43(17-21-45)23-25-53-33-11-6-4-9-31(33)51-2/h3-6,8-11,26-27H,7,12-25H2,1-2H3. The molecule has 4 heterocycles. The number of hydrogen-bond acceptors (Lipinski definition) is 12. The number of halogens is 2. The minimum absolute atomic E-state index is 0.139. The van der Waals surface area contributed by atoms with Gasteiger partial charge in [-0.1, -0.05) is 47.5 Å². The molecule has 0 amide bonds. The summed E-state index contributed by atoms with van der Waals surface area (Å²) in [7, 11) is 3.26. The van der Waals surface area contributed by atoms with E-state index in [9.17, 15) is 9.59 Å². The van der Waals surface area contributed by atoms with Crippen LogP contribution in [0.15, 0.2) is 70.5 Å². The lowest BCUT2D eigenvalue weighted by molar-refractivity contribution is 0.197. The fourth-order valence-electron chi connectivity index (χ4n) is 6.51. The molecular weight excluding hydrogens is 723 g/mol. The Kier molecular flexibility index (Phi) is 13.3. The summed E-state index contributed by atoms with van der Waals surface area (Å²) in [5, 5.41) is 9.08. The largest absolute Gasteiger partial charge is 0.493 e. The molecule has 2 aromatic carbocycles. The number of piperazine rings is 2. The Labute approximate surface area is 318 Å². The SMILES string of the molecule is COc1ccccc1OCCN1CCN(c2cnn(CCCn3ncc(N4CCN(CCOc5ccccc5OC)CC4)c(Cl)c3=O)c(=O)c2Cl)CC1. The highest BCUT2D eigenvalue weighted by atomic mass is 35.5. The van der Waals surface area contributed by atoms with Crippen molar-refractivity contribution in [1.29, 1.82) is 0 Å². The van der Waals surface area contributed by atoms with Crippen LogP contribution in [-0.2, 0) is 13.1 Å². The molecule has 284 valence electrons. The van der Waals surface area contributed by atoms with Crippen LogP contribution in [0.25, 0.3) is 0 Å². The Balaban J connectivity index is 0.937. The van der Waals surface area contributed by atoms with E-state index in [-0.39, 0.29) is 34.3 Å². The molecule has 53 heavy (non-hydrogen) atoms. The summed E-state index contributed by atoms with van der Waals surface area (Å²) in [4.78, 5) is 35.1. The minimum Gasteiger partial charge on any atom is -0.493 e. The first-order valence-corrected chi connectivity index (χ1v) is 18.6. The van der Waals surface area contributed by atoms with E-state index >= 15 is 0 Å². The molecular formula is C37H46Cl2N8O6. The van der Waals surface area contributed by atoms with Crippen molar-refractivity contribution in [2.24, 2.45) is 0 Å². The molecule has 2 saturated heterocycles. The van der Waals surface area contributed by atoms with Crippen molar-refractivity contribution >= 4 is 34.6 Å². The zero-order chi connectivity index (χ0) is 37.2. The molecule has 0 unspecified atom stereocenters. The van der Waals surface area contributed by atoms with E-state index in [1.165, 1.54) is 9.36 Å². The number of nitrogens with zero attached hydrogens (tertiary/aromatic N) is 8. The minimum atomic E-state index is -0.365. The molecule has 14 nitrogen and oxygen atoms in total. The number of aromatic nitrogens is 4. The Morgan fingerprint density at radius 3 is 1.32 bits per heavy atom. The molecule has 6 rings (SSSR count). The molecule has 0 atom stereocenters. The topological polar surface area (TPSA) is 120 Å². The van der Waals surface area contributed by atoms with Crippen LogP contribution in [0.4, 0.5) is 11.4 Å². The first-order chi connectivity index (χ1) is 25.9. The summed E-state index contributed by atoms with van der Waals surface area (Å²) in [5.74, 6) is 2.87. The number of para-hydroxylation sites is 4. The smallest absolute Gasteiger partial charge is 0.287 e. The first kappa shape index (κ1) is 38.2. The summed E-state index contributed by atoms with van der Waals surface area (Å²) < 4.78 is 25.2. The lowest BCUT2D eigenvalue weighted by Gasteiger charge is -2.36. The van der Waals surface area contributed by atoms with E-state index in [4.69, 9.17) is 42.1 Å². The lowest BCUT2D eigenvalue weighted by atomic mass is 10.2. The van der Waals surface area contributed by atoms with E-state index < -0.39 is 0 Å². The first-order valence-electron chi connectivity index (χ1n) is 17.8. The Morgan fingerprint density at radius 2 is 0.943 bits per heavy atom. The number of rotatable bonds is 16. The summed E-state index contributed by atoms with van der Waals surface area (Å²) >= 11 is 13.2. The van der Waals surface area contributed by atoms with Crippen molar-refractivity contribution in [1.82, 2.24) is 29.4 Å². The highest BCUT2D eigenvalue weighted by molar-refractivity contribution is 6.33. The van der Waals surface area contributed by atoms with Crippen molar-refractivity contribution in [2.45, 2.75) is 19.5 Å². The fourth-order valence-corrected chi connectivity index (χ4v) is 7.04. The van der Waals surface area contributed by atoms with Gasteiger partial charge in [-0.2, -0.15) is 10.2 Å². The number of hydrogen-bond donors (Lipinski definition) is 0. The maximum atomic E-state index is 13.2. The highest BCUT2D eigenvalue weighted by Crippen LogP contribution is 2.28. The highest BCUT2D eigenvalue weighted by Gasteiger charge is 2.23. The van der Waals surface area contributed by atoms with Gasteiger partial charge in [-0.25, -0.2) is 9.36 Å². The van der Waals surface area contributed by atoms with Gasteiger partial charge in [0.05, 0.1) is 38.0 Å². The lowest BCUT2D eigenvalue weighted by Crippen LogP contribution is -2.48. The summed E-state index contributed by atoms with van der Waals surface area (Å²) in [5.41, 5.74) is 0.521. The average Bonchev–Trinajstić information content (AvgIpc) is 3.19. The average molecular weight is 770 g/mol. The second-order valence-electron chi connectivity index (χ2n) is 12.8. The van der Waals surface area contributed by atoms with E-state index in [2.05, 4.69) is 29.8 Å². The Hall–Kier alpha value is -4.50. The van der Waals surface area contributed by atoms with E-state index in [0.717, 1.165) is 50.8 Å². The Bertz CT molecular complexity index is 1790. The summed E-state index contributed by atoms with van der Waals surface area (Å²) in [6, 6.07) is 15.2. The number of anilines is 2. The maximum Gasteiger partial charge on any atom is 0.287 e. The molecule has 2 aromatic heterocycles. The zero-order valence-corrected chi connectivity index (χ0v) is 31.7. The number of ether oxygens (including phenoxy) is 4. The molecule has 16 heteroatoms. The van der Waals surface area contributed by atoms with Crippen LogP contribution in [0.1, 0.15) is 6.42 Å². The van der Waals surface area contributed by atoms with Gasteiger partial charge in [0.2, 0.25) is 0 Å². The van der Waals surface area contributed by atoms with Gasteiger partial charge in [0.1, 0.15) is 23.3 Å². The molecule has 0 bridgehead atoms. The maximum absolute atomic E-state index is 13.2. The molecule has 0 aliphatic carbocycles. The van der Waals surface area contributed by atoms with Crippen LogP contribution < -0.4 is 39.9 Å². The predicted octanol–water partition coefficient (Wildman–Crippen LogP) is 3.62. The molecule has 2 fully saturated rings. The zero-order valence-electron chi connectivity index (χ0n) is 30.2. The second-order valence-corrected chi connectivity index (χ2v) is 13.5. The van der Waals surface area contributed by atoms with Gasteiger partial charge >= 0.3 is 0 Å². The third-order valence-electron chi connectivity index (χ3n) is 9.57. The summed E-state index contributed by atoms with van der Waals surface area (Å²) in [6.07, 6.45) is 3.73. The van der Waals surface area contributed by atoms with Crippen LogP contribution in [-0.4, -0.2) is 122 Å². The molecule has 0 spiro atoms.